The molecule has 3 fully saturated rings. The van der Waals surface area contributed by atoms with Crippen LogP contribution in [0.15, 0.2) is 77.9 Å². The van der Waals surface area contributed by atoms with Crippen molar-refractivity contribution in [3.63, 3.8) is 0 Å². The highest BCUT2D eigenvalue weighted by atomic mass is 19.1. The van der Waals surface area contributed by atoms with E-state index in [2.05, 4.69) is 22.0 Å². The molecule has 228 valence electrons. The van der Waals surface area contributed by atoms with Crippen molar-refractivity contribution in [2.45, 2.75) is 55.8 Å². The van der Waals surface area contributed by atoms with Gasteiger partial charge in [-0.2, -0.15) is 5.26 Å². The molecule has 1 saturated carbocycles. The quantitative estimate of drug-likeness (QED) is 0.357. The number of nitrogens with one attached hydrogen (secondary N) is 3. The van der Waals surface area contributed by atoms with Crippen molar-refractivity contribution in [1.82, 2.24) is 10.2 Å². The van der Waals surface area contributed by atoms with Crippen molar-refractivity contribution in [3.8, 4) is 11.8 Å². The SMILES string of the molecule is COc1ccc(NC(=O)N2C[C@H](OC)C[C@@H]2C(=O)Nc2cc(C3(CCC4CC4)N[C@@H]4C=C(C#N)C=CC=C43)ccc2F)cc1. The first-order chi connectivity index (χ1) is 21.3. The molecule has 3 amide bonds. The molecule has 2 aromatic rings. The molecule has 44 heavy (non-hydrogen) atoms. The van der Waals surface area contributed by atoms with Gasteiger partial charge in [0.2, 0.25) is 5.91 Å². The molecule has 6 rings (SSSR count). The van der Waals surface area contributed by atoms with Crippen molar-refractivity contribution in [2.24, 2.45) is 5.92 Å². The predicted molar refractivity (Wildman–Crippen MR) is 164 cm³/mol. The van der Waals surface area contributed by atoms with E-state index in [1.54, 1.807) is 56.7 Å². The van der Waals surface area contributed by atoms with E-state index >= 15 is 4.39 Å². The van der Waals surface area contributed by atoms with Crippen molar-refractivity contribution < 1.29 is 23.5 Å². The number of amides is 3. The minimum Gasteiger partial charge on any atom is -0.497 e. The Morgan fingerprint density at radius 1 is 1.16 bits per heavy atom. The predicted octanol–water partition coefficient (Wildman–Crippen LogP) is 5.40. The number of ether oxygens (including phenoxy) is 2. The third-order valence-corrected chi connectivity index (χ3v) is 9.10. The standard InChI is InChI=1S/C34H36FN5O4/c1-43-25-11-9-24(10-12-25)37-33(42)40-20-26(44-2)18-31(40)32(41)38-30-17-23(8-13-28(30)35)34(15-14-21-6-7-21)27-5-3-4-22(19-36)16-29(27)39-34/h3-5,8-13,16-17,21,26,29,31,39H,6-7,14-15,18,20H2,1-2H3,(H,37,42)(H,38,41)/t26-,29-,31-,34?/m1/s1. The van der Waals surface area contributed by atoms with Gasteiger partial charge in [-0.05, 0) is 78.4 Å². The van der Waals surface area contributed by atoms with Crippen LogP contribution in [-0.2, 0) is 15.1 Å². The zero-order valence-electron chi connectivity index (χ0n) is 24.8. The summed E-state index contributed by atoms with van der Waals surface area (Å²) in [6, 6.07) is 12.5. The number of hydrogen-bond acceptors (Lipinski definition) is 6. The van der Waals surface area contributed by atoms with Crippen molar-refractivity contribution in [3.05, 3.63) is 89.3 Å². The highest BCUT2D eigenvalue weighted by molar-refractivity contribution is 6.00. The second-order valence-electron chi connectivity index (χ2n) is 11.8. The molecule has 2 aliphatic carbocycles. The maximum Gasteiger partial charge on any atom is 0.322 e. The van der Waals surface area contributed by atoms with Crippen LogP contribution in [0.1, 0.15) is 37.7 Å². The summed E-state index contributed by atoms with van der Waals surface area (Å²) in [5.74, 6) is 0.287. The molecular formula is C34H36FN5O4. The van der Waals surface area contributed by atoms with E-state index in [-0.39, 0.29) is 30.8 Å². The van der Waals surface area contributed by atoms with Crippen LogP contribution in [0.3, 0.4) is 0 Å². The molecule has 2 saturated heterocycles. The Kier molecular flexibility index (Phi) is 8.25. The molecule has 9 nitrogen and oxygen atoms in total. The fourth-order valence-corrected chi connectivity index (χ4v) is 6.41. The molecule has 4 aliphatic rings. The summed E-state index contributed by atoms with van der Waals surface area (Å²) < 4.78 is 25.9. The van der Waals surface area contributed by atoms with Crippen LogP contribution in [0, 0.1) is 23.1 Å². The van der Waals surface area contributed by atoms with E-state index < -0.39 is 29.3 Å². The first kappa shape index (κ1) is 29.6. The number of carbonyl (C=O) groups is 2. The summed E-state index contributed by atoms with van der Waals surface area (Å²) in [6.07, 6.45) is 11.8. The van der Waals surface area contributed by atoms with Gasteiger partial charge < -0.3 is 25.0 Å². The molecule has 4 atom stereocenters. The van der Waals surface area contributed by atoms with Crippen LogP contribution in [-0.4, -0.2) is 55.8 Å². The normalized spacial score (nSPS) is 25.5. The lowest BCUT2D eigenvalue weighted by atomic mass is 9.68. The fraction of sp³-hybridized carbons (Fsp3) is 0.382. The van der Waals surface area contributed by atoms with Gasteiger partial charge in [-0.1, -0.05) is 31.1 Å². The summed E-state index contributed by atoms with van der Waals surface area (Å²) in [5.41, 5.74) is 2.61. The van der Waals surface area contributed by atoms with E-state index in [9.17, 15) is 14.9 Å². The molecule has 2 aliphatic heterocycles. The van der Waals surface area contributed by atoms with Gasteiger partial charge in [0.15, 0.2) is 0 Å². The molecule has 2 aromatic carbocycles. The summed E-state index contributed by atoms with van der Waals surface area (Å²) in [4.78, 5) is 28.3. The average Bonchev–Trinajstić information content (AvgIpc) is 3.78. The maximum atomic E-state index is 15.3. The summed E-state index contributed by atoms with van der Waals surface area (Å²) in [6.45, 7) is 0.217. The number of allylic oxidation sites excluding steroid dienone is 4. The smallest absolute Gasteiger partial charge is 0.322 e. The van der Waals surface area contributed by atoms with Gasteiger partial charge in [-0.15, -0.1) is 0 Å². The van der Waals surface area contributed by atoms with Gasteiger partial charge in [-0.3, -0.25) is 10.1 Å². The zero-order valence-corrected chi connectivity index (χ0v) is 24.8. The third kappa shape index (κ3) is 5.85. The van der Waals surface area contributed by atoms with Crippen molar-refractivity contribution in [2.75, 3.05) is 31.4 Å². The number of carbonyl (C=O) groups excluding carboxylic acids is 2. The van der Waals surface area contributed by atoms with Crippen LogP contribution in [0.4, 0.5) is 20.6 Å². The Bertz CT molecular complexity index is 1570. The molecule has 0 bridgehead atoms. The fourth-order valence-electron chi connectivity index (χ4n) is 6.41. The van der Waals surface area contributed by atoms with Gasteiger partial charge in [0.1, 0.15) is 17.6 Å². The Morgan fingerprint density at radius 3 is 2.66 bits per heavy atom. The van der Waals surface area contributed by atoms with Crippen molar-refractivity contribution >= 4 is 23.3 Å². The lowest BCUT2D eigenvalue weighted by molar-refractivity contribution is -0.119. The Labute approximate surface area is 256 Å². The van der Waals surface area contributed by atoms with Crippen LogP contribution in [0.2, 0.25) is 0 Å². The highest BCUT2D eigenvalue weighted by Crippen LogP contribution is 2.49. The summed E-state index contributed by atoms with van der Waals surface area (Å²) in [5, 5.41) is 18.7. The number of urea groups is 1. The van der Waals surface area contributed by atoms with E-state index in [4.69, 9.17) is 9.47 Å². The second kappa shape index (κ2) is 12.3. The average molecular weight is 598 g/mol. The first-order valence-corrected chi connectivity index (χ1v) is 15.0. The molecule has 0 spiro atoms. The van der Waals surface area contributed by atoms with Gasteiger partial charge >= 0.3 is 6.03 Å². The number of rotatable bonds is 9. The topological polar surface area (TPSA) is 116 Å². The largest absolute Gasteiger partial charge is 0.497 e. The summed E-state index contributed by atoms with van der Waals surface area (Å²) >= 11 is 0. The zero-order chi connectivity index (χ0) is 30.8. The van der Waals surface area contributed by atoms with Gasteiger partial charge in [0.25, 0.3) is 0 Å². The van der Waals surface area contributed by atoms with E-state index in [0.717, 1.165) is 24.0 Å². The Hall–Kier alpha value is -4.46. The Balaban J connectivity index is 1.23. The summed E-state index contributed by atoms with van der Waals surface area (Å²) in [7, 11) is 3.10. The van der Waals surface area contributed by atoms with Crippen LogP contribution < -0.4 is 20.7 Å². The van der Waals surface area contributed by atoms with E-state index in [1.165, 1.54) is 23.8 Å². The lowest BCUT2D eigenvalue weighted by Gasteiger charge is -2.52. The Morgan fingerprint density at radius 2 is 1.95 bits per heavy atom. The minimum atomic E-state index is -0.861. The third-order valence-electron chi connectivity index (χ3n) is 9.10. The monoisotopic (exact) mass is 597 g/mol. The molecular weight excluding hydrogens is 561 g/mol. The van der Waals surface area contributed by atoms with E-state index in [1.807, 2.05) is 18.2 Å². The van der Waals surface area contributed by atoms with Crippen molar-refractivity contribution in [1.29, 1.82) is 5.26 Å². The van der Waals surface area contributed by atoms with Crippen LogP contribution >= 0.6 is 0 Å². The number of likely N-dealkylation sites (tertiary alicyclic amines) is 1. The van der Waals surface area contributed by atoms with Gasteiger partial charge in [0, 0.05) is 31.3 Å². The number of nitrogens with zero attached hydrogens (tertiary/aromatic N) is 2. The molecule has 2 heterocycles. The van der Waals surface area contributed by atoms with Crippen LogP contribution in [0.5, 0.6) is 5.75 Å². The molecule has 1 unspecified atom stereocenters. The number of nitriles is 1. The minimum absolute atomic E-state index is 0.0537. The first-order valence-electron chi connectivity index (χ1n) is 15.0. The molecule has 3 N–H and O–H groups in total. The number of methoxy groups -OCH3 is 2. The highest BCUT2D eigenvalue weighted by Gasteiger charge is 2.50. The van der Waals surface area contributed by atoms with Gasteiger partial charge in [-0.25, -0.2) is 9.18 Å². The number of halogens is 1. The van der Waals surface area contributed by atoms with Gasteiger partial charge in [0.05, 0.1) is 36.6 Å². The lowest BCUT2D eigenvalue weighted by Crippen LogP contribution is -2.62. The molecule has 0 radical (unpaired) electrons. The number of benzene rings is 2. The number of anilines is 2. The second-order valence-corrected chi connectivity index (χ2v) is 11.8. The number of hydrogen-bond donors (Lipinski definition) is 3. The number of fused-ring (bicyclic) bond motifs is 1. The molecule has 0 aromatic heterocycles. The van der Waals surface area contributed by atoms with Crippen LogP contribution in [0.25, 0.3) is 0 Å². The maximum absolute atomic E-state index is 15.3. The van der Waals surface area contributed by atoms with E-state index in [0.29, 0.717) is 22.9 Å². The molecule has 10 heteroatoms.